The van der Waals surface area contributed by atoms with E-state index in [2.05, 4.69) is 17.4 Å². The number of amides is 1. The Balaban J connectivity index is 3.09. The Morgan fingerprint density at radius 3 is 2.53 bits per heavy atom. The molecule has 0 aliphatic carbocycles. The zero-order valence-corrected chi connectivity index (χ0v) is 12.3. The lowest BCUT2D eigenvalue weighted by Crippen LogP contribution is -2.38. The maximum absolute atomic E-state index is 11.2. The maximum atomic E-state index is 11.2. The summed E-state index contributed by atoms with van der Waals surface area (Å²) in [5.41, 5.74) is 3.03. The van der Waals surface area contributed by atoms with Gasteiger partial charge in [0, 0.05) is 17.5 Å². The molecule has 0 aliphatic heterocycles. The van der Waals surface area contributed by atoms with Crippen molar-refractivity contribution >= 4 is 5.91 Å². The van der Waals surface area contributed by atoms with Crippen LogP contribution in [0.1, 0.15) is 30.5 Å². The van der Waals surface area contributed by atoms with Gasteiger partial charge in [0.2, 0.25) is 5.91 Å². The first kappa shape index (κ1) is 15.5. The summed E-state index contributed by atoms with van der Waals surface area (Å²) in [5.74, 6) is 0.491. The monoisotopic (exact) mass is 265 g/mol. The van der Waals surface area contributed by atoms with Crippen LogP contribution in [-0.4, -0.2) is 31.3 Å². The molecule has 0 spiro atoms. The van der Waals surface area contributed by atoms with Gasteiger partial charge in [-0.2, -0.15) is 0 Å². The second-order valence-electron chi connectivity index (χ2n) is 5.48. The molecule has 2 N–H and O–H groups in total. The zero-order valence-electron chi connectivity index (χ0n) is 12.3. The average Bonchev–Trinajstić information content (AvgIpc) is 2.35. The highest BCUT2D eigenvalue weighted by Gasteiger charge is 2.26. The topological polar surface area (TPSA) is 58.6 Å². The predicted molar refractivity (Wildman–Crippen MR) is 75.6 cm³/mol. The van der Waals surface area contributed by atoms with Crippen LogP contribution < -0.4 is 10.1 Å². The number of ether oxygens (including phenoxy) is 1. The highest BCUT2D eigenvalue weighted by molar-refractivity contribution is 5.77. The molecule has 1 rings (SSSR count). The number of carbonyl (C=O) groups excluding carboxylic acids is 1. The predicted octanol–water partition coefficient (Wildman–Crippen LogP) is 1.70. The fourth-order valence-corrected chi connectivity index (χ4v) is 2.20. The lowest BCUT2D eigenvalue weighted by Gasteiger charge is -2.28. The van der Waals surface area contributed by atoms with Gasteiger partial charge in [0.25, 0.3) is 0 Å². The second kappa shape index (κ2) is 6.06. The lowest BCUT2D eigenvalue weighted by atomic mass is 9.82. The Labute approximate surface area is 114 Å². The van der Waals surface area contributed by atoms with Crippen molar-refractivity contribution in [3.63, 3.8) is 0 Å². The number of rotatable bonds is 5. The molecule has 0 heterocycles. The molecule has 0 saturated heterocycles. The summed E-state index contributed by atoms with van der Waals surface area (Å²) in [6.45, 7) is 8.10. The van der Waals surface area contributed by atoms with E-state index >= 15 is 0 Å². The quantitative estimate of drug-likeness (QED) is 0.852. The molecule has 1 amide bonds. The van der Waals surface area contributed by atoms with Gasteiger partial charge in [-0.1, -0.05) is 31.5 Å². The average molecular weight is 265 g/mol. The molecule has 0 saturated carbocycles. The number of methoxy groups -OCH3 is 1. The third kappa shape index (κ3) is 3.70. The number of hydrogen-bond acceptors (Lipinski definition) is 3. The van der Waals surface area contributed by atoms with Gasteiger partial charge in [-0.15, -0.1) is 0 Å². The van der Waals surface area contributed by atoms with Crippen LogP contribution in [0.5, 0.6) is 5.75 Å². The van der Waals surface area contributed by atoms with Gasteiger partial charge in [0.05, 0.1) is 7.11 Å². The Bertz CT molecular complexity index is 467. The fraction of sp³-hybridized carbons (Fsp3) is 0.533. The van der Waals surface area contributed by atoms with E-state index in [0.29, 0.717) is 6.54 Å². The highest BCUT2D eigenvalue weighted by atomic mass is 16.5. The number of nitrogens with one attached hydrogen (secondary N) is 1. The fourth-order valence-electron chi connectivity index (χ4n) is 2.20. The highest BCUT2D eigenvalue weighted by Crippen LogP contribution is 2.34. The third-order valence-electron chi connectivity index (χ3n) is 3.22. The first-order chi connectivity index (χ1) is 8.81. The van der Waals surface area contributed by atoms with Crippen molar-refractivity contribution in [3.8, 4) is 5.75 Å². The number of aryl methyl sites for hydroxylation is 2. The van der Waals surface area contributed by atoms with Gasteiger partial charge in [0.15, 0.2) is 0 Å². The van der Waals surface area contributed by atoms with Crippen molar-refractivity contribution in [2.24, 2.45) is 0 Å². The van der Waals surface area contributed by atoms with Gasteiger partial charge >= 0.3 is 0 Å². The van der Waals surface area contributed by atoms with E-state index in [-0.39, 0.29) is 11.3 Å². The number of aliphatic hydroxyl groups is 1. The van der Waals surface area contributed by atoms with Crippen LogP contribution in [0.25, 0.3) is 0 Å². The van der Waals surface area contributed by atoms with Crippen LogP contribution in [0.3, 0.4) is 0 Å². The Hall–Kier alpha value is -1.55. The first-order valence-electron chi connectivity index (χ1n) is 6.35. The third-order valence-corrected chi connectivity index (χ3v) is 3.22. The van der Waals surface area contributed by atoms with Crippen molar-refractivity contribution in [2.75, 3.05) is 20.3 Å². The van der Waals surface area contributed by atoms with Crippen molar-refractivity contribution in [1.82, 2.24) is 5.32 Å². The molecule has 0 unspecified atom stereocenters. The molecule has 4 nitrogen and oxygen atoms in total. The van der Waals surface area contributed by atoms with Crippen molar-refractivity contribution in [2.45, 2.75) is 33.1 Å². The number of hydrogen-bond donors (Lipinski definition) is 2. The summed E-state index contributed by atoms with van der Waals surface area (Å²) in [6, 6.07) is 4.15. The van der Waals surface area contributed by atoms with Gasteiger partial charge in [-0.05, 0) is 19.4 Å². The molecule has 0 aliphatic rings. The Kier molecular flexibility index (Phi) is 4.95. The number of carbonyl (C=O) groups is 1. The molecule has 0 fully saturated rings. The largest absolute Gasteiger partial charge is 0.496 e. The number of benzene rings is 1. The van der Waals surface area contributed by atoms with E-state index in [9.17, 15) is 4.79 Å². The molecule has 1 aromatic carbocycles. The molecule has 0 bridgehead atoms. The van der Waals surface area contributed by atoms with E-state index in [1.54, 1.807) is 7.11 Å². The minimum atomic E-state index is -0.486. The molecule has 4 heteroatoms. The molecular formula is C15H23NO3. The molecular weight excluding hydrogens is 242 g/mol. The first-order valence-corrected chi connectivity index (χ1v) is 6.35. The molecule has 0 radical (unpaired) electrons. The van der Waals surface area contributed by atoms with E-state index in [4.69, 9.17) is 9.84 Å². The standard InChI is InChI=1S/C15H23NO3/c1-10-6-11(2)14(19-5)12(7-10)15(3,4)9-16-13(18)8-17/h6-7,17H,8-9H2,1-5H3,(H,16,18). The van der Waals surface area contributed by atoms with E-state index in [1.165, 1.54) is 0 Å². The SMILES string of the molecule is COc1c(C)cc(C)cc1C(C)(C)CNC(=O)CO. The van der Waals surface area contributed by atoms with Crippen LogP contribution in [-0.2, 0) is 10.2 Å². The summed E-state index contributed by atoms with van der Waals surface area (Å²) in [5, 5.41) is 11.5. The normalized spacial score (nSPS) is 11.3. The van der Waals surface area contributed by atoms with Crippen molar-refractivity contribution < 1.29 is 14.6 Å². The van der Waals surface area contributed by atoms with Crippen molar-refractivity contribution in [1.29, 1.82) is 0 Å². The van der Waals surface area contributed by atoms with Gasteiger partial charge in [0.1, 0.15) is 12.4 Å². The summed E-state index contributed by atoms with van der Waals surface area (Å²) >= 11 is 0. The van der Waals surface area contributed by atoms with Gasteiger partial charge in [-0.25, -0.2) is 0 Å². The summed E-state index contributed by atoms with van der Waals surface area (Å²) < 4.78 is 5.49. The number of aliphatic hydroxyl groups excluding tert-OH is 1. The molecule has 106 valence electrons. The lowest BCUT2D eigenvalue weighted by molar-refractivity contribution is -0.124. The van der Waals surface area contributed by atoms with Crippen LogP contribution in [0.2, 0.25) is 0 Å². The minimum absolute atomic E-state index is 0.271. The molecule has 19 heavy (non-hydrogen) atoms. The van der Waals surface area contributed by atoms with Crippen LogP contribution in [0.15, 0.2) is 12.1 Å². The van der Waals surface area contributed by atoms with E-state index < -0.39 is 6.61 Å². The summed E-state index contributed by atoms with van der Waals surface area (Å²) in [4.78, 5) is 11.2. The minimum Gasteiger partial charge on any atom is -0.496 e. The Morgan fingerprint density at radius 2 is 2.00 bits per heavy atom. The van der Waals surface area contributed by atoms with E-state index in [1.807, 2.05) is 27.7 Å². The van der Waals surface area contributed by atoms with Gasteiger partial charge in [-0.3, -0.25) is 4.79 Å². The van der Waals surface area contributed by atoms with Crippen molar-refractivity contribution in [3.05, 3.63) is 28.8 Å². The van der Waals surface area contributed by atoms with Gasteiger partial charge < -0.3 is 15.2 Å². The molecule has 0 atom stereocenters. The Morgan fingerprint density at radius 1 is 1.37 bits per heavy atom. The smallest absolute Gasteiger partial charge is 0.245 e. The second-order valence-corrected chi connectivity index (χ2v) is 5.48. The summed E-state index contributed by atoms with van der Waals surface area (Å²) in [6.07, 6.45) is 0. The van der Waals surface area contributed by atoms with E-state index in [0.717, 1.165) is 22.4 Å². The molecule has 0 aromatic heterocycles. The van der Waals surface area contributed by atoms with Crippen LogP contribution >= 0.6 is 0 Å². The molecule has 1 aromatic rings. The van der Waals surface area contributed by atoms with Crippen LogP contribution in [0, 0.1) is 13.8 Å². The zero-order chi connectivity index (χ0) is 14.6. The maximum Gasteiger partial charge on any atom is 0.245 e. The van der Waals surface area contributed by atoms with Crippen LogP contribution in [0.4, 0.5) is 0 Å². The summed E-state index contributed by atoms with van der Waals surface area (Å²) in [7, 11) is 1.66.